The molecule has 1 aromatic carbocycles. The fraction of sp³-hybridized carbons (Fsp3) is 0.538. The molecule has 0 heterocycles. The highest BCUT2D eigenvalue weighted by atomic mass is 35.5. The minimum atomic E-state index is -0.106. The molecule has 94 valence electrons. The van der Waals surface area contributed by atoms with Crippen LogP contribution in [0.3, 0.4) is 0 Å². The minimum absolute atomic E-state index is 0.106. The van der Waals surface area contributed by atoms with Gasteiger partial charge >= 0.3 is 0 Å². The van der Waals surface area contributed by atoms with Gasteiger partial charge in [-0.3, -0.25) is 0 Å². The number of ether oxygens (including phenoxy) is 1. The van der Waals surface area contributed by atoms with E-state index in [9.17, 15) is 0 Å². The predicted octanol–water partition coefficient (Wildman–Crippen LogP) is 2.49. The van der Waals surface area contributed by atoms with Crippen molar-refractivity contribution < 1.29 is 4.74 Å². The summed E-state index contributed by atoms with van der Waals surface area (Å²) < 4.78 is 5.42. The lowest BCUT2D eigenvalue weighted by Gasteiger charge is -2.24. The van der Waals surface area contributed by atoms with Crippen molar-refractivity contribution >= 4 is 11.6 Å². The van der Waals surface area contributed by atoms with Gasteiger partial charge in [-0.15, -0.1) is 0 Å². The Morgan fingerprint density at radius 1 is 1.53 bits per heavy atom. The van der Waals surface area contributed by atoms with Crippen LogP contribution < -0.4 is 15.8 Å². The van der Waals surface area contributed by atoms with Crippen molar-refractivity contribution in [1.82, 2.24) is 5.32 Å². The van der Waals surface area contributed by atoms with Crippen LogP contribution in [0.4, 0.5) is 0 Å². The maximum atomic E-state index is 6.24. The molecule has 1 saturated carbocycles. The molecule has 0 aliphatic heterocycles. The van der Waals surface area contributed by atoms with E-state index < -0.39 is 0 Å². The van der Waals surface area contributed by atoms with Crippen molar-refractivity contribution in [1.29, 1.82) is 0 Å². The van der Waals surface area contributed by atoms with Crippen LogP contribution in [-0.2, 0) is 0 Å². The Labute approximate surface area is 107 Å². The number of benzene rings is 1. The van der Waals surface area contributed by atoms with E-state index in [4.69, 9.17) is 22.1 Å². The topological polar surface area (TPSA) is 47.3 Å². The monoisotopic (exact) mass is 254 g/mol. The molecule has 1 aliphatic rings. The Hall–Kier alpha value is -0.770. The van der Waals surface area contributed by atoms with Crippen LogP contribution in [0.2, 0.25) is 5.02 Å². The third-order valence-corrected chi connectivity index (χ3v) is 3.58. The standard InChI is InChI=1S/C13H19ClN2O/c1-3-17-11-5-4-9(8-10(11)14)12(16-2)13(15)6-7-13/h4-5,8,12,16H,3,6-7,15H2,1-2H3. The fourth-order valence-electron chi connectivity index (χ4n) is 2.19. The summed E-state index contributed by atoms with van der Waals surface area (Å²) >= 11 is 6.19. The lowest BCUT2D eigenvalue weighted by Crippen LogP contribution is -2.38. The first-order valence-electron chi connectivity index (χ1n) is 5.99. The summed E-state index contributed by atoms with van der Waals surface area (Å²) in [6, 6.07) is 6.05. The molecule has 4 heteroatoms. The molecule has 3 nitrogen and oxygen atoms in total. The smallest absolute Gasteiger partial charge is 0.137 e. The van der Waals surface area contributed by atoms with Crippen molar-refractivity contribution in [3.05, 3.63) is 28.8 Å². The Morgan fingerprint density at radius 3 is 2.71 bits per heavy atom. The van der Waals surface area contributed by atoms with Crippen molar-refractivity contribution in [3.63, 3.8) is 0 Å². The summed E-state index contributed by atoms with van der Waals surface area (Å²) in [5.41, 5.74) is 7.26. The molecule has 17 heavy (non-hydrogen) atoms. The fourth-order valence-corrected chi connectivity index (χ4v) is 2.43. The molecule has 1 fully saturated rings. The van der Waals surface area contributed by atoms with Gasteiger partial charge in [0.25, 0.3) is 0 Å². The average Bonchev–Trinajstić information content (AvgIpc) is 3.02. The molecular formula is C13H19ClN2O. The van der Waals surface area contributed by atoms with Gasteiger partial charge < -0.3 is 15.8 Å². The largest absolute Gasteiger partial charge is 0.492 e. The van der Waals surface area contributed by atoms with E-state index in [0.29, 0.717) is 11.6 Å². The van der Waals surface area contributed by atoms with Crippen LogP contribution in [0.5, 0.6) is 5.75 Å². The van der Waals surface area contributed by atoms with Gasteiger partial charge in [0, 0.05) is 5.54 Å². The summed E-state index contributed by atoms with van der Waals surface area (Å²) in [5.74, 6) is 0.731. The Morgan fingerprint density at radius 2 is 2.24 bits per heavy atom. The molecule has 0 spiro atoms. The normalized spacial score (nSPS) is 18.8. The summed E-state index contributed by atoms with van der Waals surface area (Å²) in [6.45, 7) is 2.56. The SMILES string of the molecule is CCOc1ccc(C(NC)C2(N)CC2)cc1Cl. The van der Waals surface area contributed by atoms with E-state index in [0.717, 1.165) is 24.2 Å². The zero-order valence-corrected chi connectivity index (χ0v) is 11.1. The number of nitrogens with two attached hydrogens (primary N) is 1. The zero-order chi connectivity index (χ0) is 12.5. The van der Waals surface area contributed by atoms with Gasteiger partial charge in [0.15, 0.2) is 0 Å². The van der Waals surface area contributed by atoms with E-state index in [2.05, 4.69) is 5.32 Å². The second kappa shape index (κ2) is 4.84. The second-order valence-electron chi connectivity index (χ2n) is 4.58. The van der Waals surface area contributed by atoms with Gasteiger partial charge in [-0.25, -0.2) is 0 Å². The predicted molar refractivity (Wildman–Crippen MR) is 70.6 cm³/mol. The molecule has 3 N–H and O–H groups in total. The Bertz CT molecular complexity index is 404. The average molecular weight is 255 g/mol. The van der Waals surface area contributed by atoms with Crippen molar-refractivity contribution in [2.45, 2.75) is 31.3 Å². The highest BCUT2D eigenvalue weighted by Crippen LogP contribution is 2.44. The lowest BCUT2D eigenvalue weighted by atomic mass is 9.98. The van der Waals surface area contributed by atoms with E-state index in [-0.39, 0.29) is 11.6 Å². The molecule has 0 saturated heterocycles. The Kier molecular flexibility index (Phi) is 3.61. The molecule has 0 amide bonds. The van der Waals surface area contributed by atoms with Crippen LogP contribution in [0.15, 0.2) is 18.2 Å². The molecule has 0 aromatic heterocycles. The van der Waals surface area contributed by atoms with Gasteiger partial charge in [-0.05, 0) is 44.5 Å². The highest BCUT2D eigenvalue weighted by Gasteiger charge is 2.45. The molecule has 1 atom stereocenters. The molecule has 0 radical (unpaired) electrons. The Balaban J connectivity index is 2.24. The van der Waals surface area contributed by atoms with Gasteiger partial charge in [-0.1, -0.05) is 17.7 Å². The van der Waals surface area contributed by atoms with Crippen LogP contribution in [0.1, 0.15) is 31.4 Å². The first-order chi connectivity index (χ1) is 8.10. The molecular weight excluding hydrogens is 236 g/mol. The number of likely N-dealkylation sites (N-methyl/N-ethyl adjacent to an activating group) is 1. The third-order valence-electron chi connectivity index (χ3n) is 3.28. The summed E-state index contributed by atoms with van der Waals surface area (Å²) in [7, 11) is 1.93. The van der Waals surface area contributed by atoms with Gasteiger partial charge in [0.2, 0.25) is 0 Å². The van der Waals surface area contributed by atoms with Gasteiger partial charge in [0.1, 0.15) is 5.75 Å². The zero-order valence-electron chi connectivity index (χ0n) is 10.3. The van der Waals surface area contributed by atoms with Crippen LogP contribution in [0.25, 0.3) is 0 Å². The van der Waals surface area contributed by atoms with Crippen molar-refractivity contribution in [2.75, 3.05) is 13.7 Å². The quantitative estimate of drug-likeness (QED) is 0.849. The number of rotatable bonds is 5. The third kappa shape index (κ3) is 2.57. The summed E-state index contributed by atoms with van der Waals surface area (Å²) in [6.07, 6.45) is 2.12. The highest BCUT2D eigenvalue weighted by molar-refractivity contribution is 6.32. The first kappa shape index (κ1) is 12.7. The van der Waals surface area contributed by atoms with E-state index in [1.165, 1.54) is 0 Å². The number of halogens is 1. The molecule has 2 rings (SSSR count). The summed E-state index contributed by atoms with van der Waals surface area (Å²) in [5, 5.41) is 3.92. The first-order valence-corrected chi connectivity index (χ1v) is 6.37. The second-order valence-corrected chi connectivity index (χ2v) is 4.98. The van der Waals surface area contributed by atoms with Crippen molar-refractivity contribution in [3.8, 4) is 5.75 Å². The molecule has 1 aromatic rings. The maximum absolute atomic E-state index is 6.24. The van der Waals surface area contributed by atoms with E-state index >= 15 is 0 Å². The van der Waals surface area contributed by atoms with E-state index in [1.54, 1.807) is 0 Å². The van der Waals surface area contributed by atoms with Crippen molar-refractivity contribution in [2.24, 2.45) is 5.73 Å². The molecule has 1 aliphatic carbocycles. The lowest BCUT2D eigenvalue weighted by molar-refractivity contribution is 0.340. The number of hydrogen-bond acceptors (Lipinski definition) is 3. The number of hydrogen-bond donors (Lipinski definition) is 2. The van der Waals surface area contributed by atoms with Gasteiger partial charge in [-0.2, -0.15) is 0 Å². The molecule has 1 unspecified atom stereocenters. The van der Waals surface area contributed by atoms with Crippen LogP contribution >= 0.6 is 11.6 Å². The number of nitrogens with one attached hydrogen (secondary N) is 1. The minimum Gasteiger partial charge on any atom is -0.492 e. The summed E-state index contributed by atoms with van der Waals surface area (Å²) in [4.78, 5) is 0. The molecule has 0 bridgehead atoms. The van der Waals surface area contributed by atoms with Crippen LogP contribution in [0, 0.1) is 0 Å². The van der Waals surface area contributed by atoms with E-state index in [1.807, 2.05) is 32.2 Å². The maximum Gasteiger partial charge on any atom is 0.137 e. The van der Waals surface area contributed by atoms with Gasteiger partial charge in [0.05, 0.1) is 17.7 Å². The van der Waals surface area contributed by atoms with Crippen LogP contribution in [-0.4, -0.2) is 19.2 Å².